The Kier molecular flexibility index (Phi) is 5.00. The van der Waals surface area contributed by atoms with E-state index in [1.54, 1.807) is 0 Å². The van der Waals surface area contributed by atoms with E-state index in [0.717, 1.165) is 6.08 Å². The molecule has 8 nitrogen and oxygen atoms in total. The van der Waals surface area contributed by atoms with Crippen LogP contribution in [-0.4, -0.2) is 63.6 Å². The molecule has 1 fully saturated rings. The largest absolute Gasteiger partial charge is 0.394 e. The van der Waals surface area contributed by atoms with E-state index in [4.69, 9.17) is 14.7 Å². The fourth-order valence-electron chi connectivity index (χ4n) is 1.38. The zero-order chi connectivity index (χ0) is 13.0. The van der Waals surface area contributed by atoms with Gasteiger partial charge in [-0.05, 0) is 6.08 Å². The van der Waals surface area contributed by atoms with Crippen molar-refractivity contribution >= 4 is 5.91 Å². The highest BCUT2D eigenvalue weighted by Gasteiger charge is 2.45. The highest BCUT2D eigenvalue weighted by atomic mass is 16.7. The van der Waals surface area contributed by atoms with Gasteiger partial charge in [0.1, 0.15) is 24.4 Å². The predicted octanol–water partition coefficient (Wildman–Crippen LogP) is -2.98. The van der Waals surface area contributed by atoms with Crippen LogP contribution in [0.3, 0.4) is 0 Å². The number of nitrogens with one attached hydrogen (secondary N) is 1. The normalized spacial score (nSPS) is 37.5. The third-order valence-corrected chi connectivity index (χ3v) is 2.32. The van der Waals surface area contributed by atoms with Gasteiger partial charge in [-0.15, -0.1) is 0 Å². The van der Waals surface area contributed by atoms with Gasteiger partial charge in [-0.25, -0.2) is 5.48 Å². The Bertz CT molecular complexity index is 283. The standard InChI is InChI=1S/C9H15NO7/c1-2-5(12)10-17-8-4(3-11)16-9(15)7(14)6(8)13/h2,4,6-9,11,13-15H,1,3H2,(H,10,12)/t4-,6-,7+,8-,9+/m1/s1. The van der Waals surface area contributed by atoms with Gasteiger partial charge in [-0.3, -0.25) is 9.63 Å². The lowest BCUT2D eigenvalue weighted by Gasteiger charge is -2.39. The second-order valence-corrected chi connectivity index (χ2v) is 3.48. The molecule has 1 heterocycles. The predicted molar refractivity (Wildman–Crippen MR) is 53.2 cm³/mol. The average molecular weight is 249 g/mol. The third-order valence-electron chi connectivity index (χ3n) is 2.32. The van der Waals surface area contributed by atoms with Crippen LogP contribution in [0.1, 0.15) is 0 Å². The molecule has 0 aromatic heterocycles. The quantitative estimate of drug-likeness (QED) is 0.265. The molecule has 5 atom stereocenters. The molecule has 1 rings (SSSR count). The number of hydroxylamine groups is 1. The van der Waals surface area contributed by atoms with Crippen molar-refractivity contribution < 1.29 is 34.8 Å². The Balaban J connectivity index is 2.65. The minimum Gasteiger partial charge on any atom is -0.394 e. The maximum atomic E-state index is 10.9. The first-order valence-corrected chi connectivity index (χ1v) is 4.89. The van der Waals surface area contributed by atoms with Crippen LogP contribution in [0.25, 0.3) is 0 Å². The molecule has 0 aromatic rings. The van der Waals surface area contributed by atoms with Gasteiger partial charge in [0, 0.05) is 0 Å². The van der Waals surface area contributed by atoms with E-state index < -0.39 is 43.2 Å². The van der Waals surface area contributed by atoms with E-state index in [-0.39, 0.29) is 0 Å². The minimum absolute atomic E-state index is 0.560. The van der Waals surface area contributed by atoms with E-state index in [9.17, 15) is 20.1 Å². The SMILES string of the molecule is C=CC(=O)NO[C@H]1[C@H](O)[C@H](O)[C@@H](O)O[C@@H]1CO. The van der Waals surface area contributed by atoms with Gasteiger partial charge in [0.25, 0.3) is 5.91 Å². The molecule has 1 amide bonds. The van der Waals surface area contributed by atoms with Crippen molar-refractivity contribution in [2.24, 2.45) is 0 Å². The van der Waals surface area contributed by atoms with Gasteiger partial charge in [0.2, 0.25) is 0 Å². The van der Waals surface area contributed by atoms with Crippen LogP contribution in [0.2, 0.25) is 0 Å². The number of hydrogen-bond acceptors (Lipinski definition) is 7. The molecule has 0 radical (unpaired) electrons. The van der Waals surface area contributed by atoms with Gasteiger partial charge in [-0.1, -0.05) is 6.58 Å². The Morgan fingerprint density at radius 2 is 2.06 bits per heavy atom. The number of amides is 1. The molecule has 0 spiro atoms. The van der Waals surface area contributed by atoms with Crippen LogP contribution in [0.4, 0.5) is 0 Å². The number of aliphatic hydroxyl groups is 4. The lowest BCUT2D eigenvalue weighted by Crippen LogP contribution is -2.60. The first-order valence-electron chi connectivity index (χ1n) is 4.89. The molecular formula is C9H15NO7. The van der Waals surface area contributed by atoms with Gasteiger partial charge in [-0.2, -0.15) is 0 Å². The molecule has 5 N–H and O–H groups in total. The second kappa shape index (κ2) is 6.05. The number of carbonyl (C=O) groups is 1. The highest BCUT2D eigenvalue weighted by molar-refractivity contribution is 5.85. The van der Waals surface area contributed by atoms with Crippen molar-refractivity contribution in [2.75, 3.05) is 6.61 Å². The molecule has 17 heavy (non-hydrogen) atoms. The number of ether oxygens (including phenoxy) is 1. The molecule has 0 saturated carbocycles. The van der Waals surface area contributed by atoms with Crippen LogP contribution in [0, 0.1) is 0 Å². The summed E-state index contributed by atoms with van der Waals surface area (Å²) in [6.07, 6.45) is -6.08. The van der Waals surface area contributed by atoms with Crippen molar-refractivity contribution in [2.45, 2.75) is 30.7 Å². The molecule has 0 aromatic carbocycles. The van der Waals surface area contributed by atoms with Crippen LogP contribution >= 0.6 is 0 Å². The first kappa shape index (κ1) is 14.0. The molecule has 1 saturated heterocycles. The van der Waals surface area contributed by atoms with Gasteiger partial charge in [0.05, 0.1) is 6.61 Å². The molecule has 0 unspecified atom stereocenters. The van der Waals surface area contributed by atoms with Crippen LogP contribution in [0.15, 0.2) is 12.7 Å². The van der Waals surface area contributed by atoms with Crippen molar-refractivity contribution in [1.29, 1.82) is 0 Å². The van der Waals surface area contributed by atoms with Gasteiger partial charge >= 0.3 is 0 Å². The summed E-state index contributed by atoms with van der Waals surface area (Å²) in [7, 11) is 0. The summed E-state index contributed by atoms with van der Waals surface area (Å²) in [4.78, 5) is 15.6. The zero-order valence-electron chi connectivity index (χ0n) is 8.89. The topological polar surface area (TPSA) is 128 Å². The zero-order valence-corrected chi connectivity index (χ0v) is 8.89. The fraction of sp³-hybridized carbons (Fsp3) is 0.667. The van der Waals surface area contributed by atoms with E-state index in [0.29, 0.717) is 0 Å². The Morgan fingerprint density at radius 3 is 2.59 bits per heavy atom. The Labute approximate surface area is 97.0 Å². The molecule has 1 aliphatic heterocycles. The smallest absolute Gasteiger partial charge is 0.266 e. The lowest BCUT2D eigenvalue weighted by molar-refractivity contribution is -0.300. The number of rotatable bonds is 4. The molecular weight excluding hydrogens is 234 g/mol. The summed E-state index contributed by atoms with van der Waals surface area (Å²) in [5.41, 5.74) is 1.93. The number of hydrogen-bond donors (Lipinski definition) is 5. The Morgan fingerprint density at radius 1 is 1.41 bits per heavy atom. The van der Waals surface area contributed by atoms with Crippen molar-refractivity contribution in [3.63, 3.8) is 0 Å². The maximum Gasteiger partial charge on any atom is 0.266 e. The molecule has 0 aliphatic carbocycles. The summed E-state index contributed by atoms with van der Waals surface area (Å²) >= 11 is 0. The maximum absolute atomic E-state index is 10.9. The summed E-state index contributed by atoms with van der Waals surface area (Å²) in [6.45, 7) is 2.62. The monoisotopic (exact) mass is 249 g/mol. The lowest BCUT2D eigenvalue weighted by atomic mass is 9.99. The second-order valence-electron chi connectivity index (χ2n) is 3.48. The fourth-order valence-corrected chi connectivity index (χ4v) is 1.38. The summed E-state index contributed by atoms with van der Waals surface area (Å²) < 4.78 is 4.79. The molecule has 1 aliphatic rings. The van der Waals surface area contributed by atoms with Crippen LogP contribution in [-0.2, 0) is 14.4 Å². The van der Waals surface area contributed by atoms with Crippen molar-refractivity contribution in [1.82, 2.24) is 5.48 Å². The average Bonchev–Trinajstić information content (AvgIpc) is 2.33. The van der Waals surface area contributed by atoms with Crippen molar-refractivity contribution in [3.05, 3.63) is 12.7 Å². The van der Waals surface area contributed by atoms with Crippen LogP contribution in [0.5, 0.6) is 0 Å². The van der Waals surface area contributed by atoms with Crippen LogP contribution < -0.4 is 5.48 Å². The number of carbonyl (C=O) groups excluding carboxylic acids is 1. The molecule has 98 valence electrons. The highest BCUT2D eigenvalue weighted by Crippen LogP contribution is 2.21. The van der Waals surface area contributed by atoms with E-state index in [1.165, 1.54) is 0 Å². The van der Waals surface area contributed by atoms with Gasteiger partial charge in [0.15, 0.2) is 6.29 Å². The van der Waals surface area contributed by atoms with E-state index in [1.807, 2.05) is 5.48 Å². The number of aliphatic hydroxyl groups excluding tert-OH is 4. The summed E-state index contributed by atoms with van der Waals surface area (Å²) in [5, 5.41) is 37.1. The Hall–Kier alpha value is -1.03. The van der Waals surface area contributed by atoms with Crippen molar-refractivity contribution in [3.8, 4) is 0 Å². The summed E-state index contributed by atoms with van der Waals surface area (Å²) in [5.74, 6) is -0.658. The van der Waals surface area contributed by atoms with E-state index in [2.05, 4.69) is 6.58 Å². The van der Waals surface area contributed by atoms with E-state index >= 15 is 0 Å². The minimum atomic E-state index is -1.63. The first-order chi connectivity index (χ1) is 8.01. The third kappa shape index (κ3) is 3.22. The molecule has 0 bridgehead atoms. The van der Waals surface area contributed by atoms with Gasteiger partial charge < -0.3 is 25.2 Å². The summed E-state index contributed by atoms with van der Waals surface area (Å²) in [6, 6.07) is 0. The molecule has 8 heteroatoms.